The van der Waals surface area contributed by atoms with E-state index in [1.165, 1.54) is 0 Å². The fraction of sp³-hybridized carbons (Fsp3) is 0.562. The van der Waals surface area contributed by atoms with Crippen molar-refractivity contribution in [1.82, 2.24) is 10.6 Å². The van der Waals surface area contributed by atoms with Gasteiger partial charge in [-0.15, -0.1) is 24.0 Å². The van der Waals surface area contributed by atoms with Crippen LogP contribution in [0.5, 0.6) is 5.75 Å². The van der Waals surface area contributed by atoms with Gasteiger partial charge in [-0.1, -0.05) is 18.2 Å². The van der Waals surface area contributed by atoms with Crippen LogP contribution < -0.4 is 15.4 Å². The molecule has 2 rings (SSSR count). The maximum atomic E-state index is 6.04. The quantitative estimate of drug-likeness (QED) is 0.697. The van der Waals surface area contributed by atoms with Crippen molar-refractivity contribution in [3.63, 3.8) is 0 Å². The average Bonchev–Trinajstić information content (AvgIpc) is 2.52. The Balaban J connectivity index is 0.00000242. The minimum absolute atomic E-state index is 0. The third-order valence-corrected chi connectivity index (χ3v) is 3.27. The highest BCUT2D eigenvalue weighted by Crippen LogP contribution is 2.27. The SMILES string of the molecule is COc1ccccc1C(CNC1=NCCCN1)OC(C)C.I. The molecule has 0 aliphatic carbocycles. The zero-order valence-electron chi connectivity index (χ0n) is 13.5. The zero-order valence-corrected chi connectivity index (χ0v) is 15.8. The second-order valence-corrected chi connectivity index (χ2v) is 5.31. The van der Waals surface area contributed by atoms with Gasteiger partial charge in [0.2, 0.25) is 0 Å². The number of guanidine groups is 1. The molecule has 0 spiro atoms. The van der Waals surface area contributed by atoms with Crippen LogP contribution in [0.2, 0.25) is 0 Å². The molecule has 1 aromatic carbocycles. The summed E-state index contributed by atoms with van der Waals surface area (Å²) in [6, 6.07) is 7.98. The largest absolute Gasteiger partial charge is 0.496 e. The van der Waals surface area contributed by atoms with Crippen molar-refractivity contribution in [2.45, 2.75) is 32.5 Å². The minimum atomic E-state index is -0.0763. The van der Waals surface area contributed by atoms with Gasteiger partial charge in [-0.25, -0.2) is 0 Å². The molecule has 124 valence electrons. The lowest BCUT2D eigenvalue weighted by Crippen LogP contribution is -2.42. The van der Waals surface area contributed by atoms with Crippen LogP contribution >= 0.6 is 24.0 Å². The van der Waals surface area contributed by atoms with E-state index in [1.807, 2.05) is 38.1 Å². The molecule has 1 heterocycles. The van der Waals surface area contributed by atoms with Gasteiger partial charge in [-0.05, 0) is 26.3 Å². The van der Waals surface area contributed by atoms with Crippen molar-refractivity contribution in [3.05, 3.63) is 29.8 Å². The van der Waals surface area contributed by atoms with E-state index >= 15 is 0 Å². The molecule has 5 nitrogen and oxygen atoms in total. The van der Waals surface area contributed by atoms with E-state index < -0.39 is 0 Å². The number of para-hydroxylation sites is 1. The molecule has 0 saturated heterocycles. The first kappa shape index (κ1) is 19.0. The van der Waals surface area contributed by atoms with Gasteiger partial charge >= 0.3 is 0 Å². The first-order chi connectivity index (χ1) is 10.2. The van der Waals surface area contributed by atoms with Crippen LogP contribution in [0, 0.1) is 0 Å². The van der Waals surface area contributed by atoms with Gasteiger partial charge in [0.05, 0.1) is 13.2 Å². The first-order valence-corrected chi connectivity index (χ1v) is 7.51. The Hall–Kier alpha value is -1.02. The van der Waals surface area contributed by atoms with Crippen molar-refractivity contribution in [2.75, 3.05) is 26.7 Å². The molecule has 0 radical (unpaired) electrons. The van der Waals surface area contributed by atoms with E-state index in [4.69, 9.17) is 9.47 Å². The summed E-state index contributed by atoms with van der Waals surface area (Å²) in [4.78, 5) is 4.42. The van der Waals surface area contributed by atoms with Crippen molar-refractivity contribution < 1.29 is 9.47 Å². The van der Waals surface area contributed by atoms with E-state index in [-0.39, 0.29) is 36.2 Å². The standard InChI is InChI=1S/C16H25N3O2.HI/c1-12(2)21-15(11-19-16-17-9-6-10-18-16)13-7-4-5-8-14(13)20-3;/h4-5,7-8,12,15H,6,9-11H2,1-3H3,(H2,17,18,19);1H. The van der Waals surface area contributed by atoms with Crippen molar-refractivity contribution in [2.24, 2.45) is 4.99 Å². The van der Waals surface area contributed by atoms with Crippen molar-refractivity contribution >= 4 is 29.9 Å². The molecule has 1 aliphatic rings. The zero-order chi connectivity index (χ0) is 15.1. The molecular formula is C16H26IN3O2. The Bertz CT molecular complexity index is 480. The summed E-state index contributed by atoms with van der Waals surface area (Å²) in [6.45, 7) is 6.58. The molecule has 0 saturated carbocycles. The summed E-state index contributed by atoms with van der Waals surface area (Å²) in [5, 5.41) is 6.60. The number of benzene rings is 1. The molecule has 1 aromatic rings. The van der Waals surface area contributed by atoms with Gasteiger partial charge in [0.15, 0.2) is 5.96 Å². The molecule has 0 bridgehead atoms. The summed E-state index contributed by atoms with van der Waals surface area (Å²) < 4.78 is 11.5. The highest BCUT2D eigenvalue weighted by atomic mass is 127. The number of hydrogen-bond donors (Lipinski definition) is 2. The summed E-state index contributed by atoms with van der Waals surface area (Å²) in [7, 11) is 1.69. The van der Waals surface area contributed by atoms with Gasteiger partial charge in [-0.3, -0.25) is 4.99 Å². The minimum Gasteiger partial charge on any atom is -0.496 e. The van der Waals surface area contributed by atoms with Crippen LogP contribution in [0.25, 0.3) is 0 Å². The van der Waals surface area contributed by atoms with E-state index in [0.717, 1.165) is 36.8 Å². The fourth-order valence-corrected chi connectivity index (χ4v) is 2.33. The Morgan fingerprint density at radius 1 is 1.32 bits per heavy atom. The highest BCUT2D eigenvalue weighted by molar-refractivity contribution is 14.0. The summed E-state index contributed by atoms with van der Waals surface area (Å²) >= 11 is 0. The van der Waals surface area contributed by atoms with E-state index in [1.54, 1.807) is 7.11 Å². The van der Waals surface area contributed by atoms with Crippen LogP contribution in [0.3, 0.4) is 0 Å². The van der Waals surface area contributed by atoms with Crippen LogP contribution in [0.1, 0.15) is 31.9 Å². The number of rotatable bonds is 6. The topological polar surface area (TPSA) is 54.9 Å². The van der Waals surface area contributed by atoms with Crippen LogP contribution in [-0.2, 0) is 4.74 Å². The lowest BCUT2D eigenvalue weighted by atomic mass is 10.1. The van der Waals surface area contributed by atoms with E-state index in [9.17, 15) is 0 Å². The predicted molar refractivity (Wildman–Crippen MR) is 100 cm³/mol. The highest BCUT2D eigenvalue weighted by Gasteiger charge is 2.18. The Morgan fingerprint density at radius 3 is 2.73 bits per heavy atom. The summed E-state index contributed by atoms with van der Waals surface area (Å²) in [5.74, 6) is 1.71. The molecular weight excluding hydrogens is 393 g/mol. The van der Waals surface area contributed by atoms with Gasteiger partial charge in [0.25, 0.3) is 0 Å². The number of methoxy groups -OCH3 is 1. The molecule has 22 heavy (non-hydrogen) atoms. The fourth-order valence-electron chi connectivity index (χ4n) is 2.33. The van der Waals surface area contributed by atoms with Crippen LogP contribution in [-0.4, -0.2) is 38.8 Å². The number of nitrogens with one attached hydrogen (secondary N) is 2. The molecule has 6 heteroatoms. The predicted octanol–water partition coefficient (Wildman–Crippen LogP) is 2.72. The second kappa shape index (κ2) is 9.89. The smallest absolute Gasteiger partial charge is 0.191 e. The maximum Gasteiger partial charge on any atom is 0.191 e. The number of halogens is 1. The molecule has 0 fully saturated rings. The summed E-state index contributed by atoms with van der Waals surface area (Å²) in [5.41, 5.74) is 1.05. The van der Waals surface area contributed by atoms with Crippen molar-refractivity contribution in [1.29, 1.82) is 0 Å². The lowest BCUT2D eigenvalue weighted by Gasteiger charge is -2.25. The number of ether oxygens (including phenoxy) is 2. The Labute approximate surface area is 149 Å². The number of nitrogens with zero attached hydrogens (tertiary/aromatic N) is 1. The molecule has 0 aromatic heterocycles. The lowest BCUT2D eigenvalue weighted by molar-refractivity contribution is 0.00818. The van der Waals surface area contributed by atoms with E-state index in [2.05, 4.69) is 15.6 Å². The molecule has 0 amide bonds. The second-order valence-electron chi connectivity index (χ2n) is 5.31. The third-order valence-electron chi connectivity index (χ3n) is 3.27. The third kappa shape index (κ3) is 5.64. The Kier molecular flexibility index (Phi) is 8.55. The molecule has 1 unspecified atom stereocenters. The van der Waals surface area contributed by atoms with Gasteiger partial charge < -0.3 is 20.1 Å². The van der Waals surface area contributed by atoms with E-state index in [0.29, 0.717) is 6.54 Å². The monoisotopic (exact) mass is 419 g/mol. The van der Waals surface area contributed by atoms with Crippen LogP contribution in [0.4, 0.5) is 0 Å². The summed E-state index contributed by atoms with van der Waals surface area (Å²) in [6.07, 6.45) is 1.15. The maximum absolute atomic E-state index is 6.04. The van der Waals surface area contributed by atoms with Crippen molar-refractivity contribution in [3.8, 4) is 5.75 Å². The molecule has 1 aliphatic heterocycles. The normalized spacial score (nSPS) is 15.4. The molecule has 1 atom stereocenters. The number of aliphatic imine (C=N–C) groups is 1. The molecule has 2 N–H and O–H groups in total. The van der Waals surface area contributed by atoms with Crippen LogP contribution in [0.15, 0.2) is 29.3 Å². The van der Waals surface area contributed by atoms with Gasteiger partial charge in [0, 0.05) is 25.2 Å². The average molecular weight is 419 g/mol. The Morgan fingerprint density at radius 2 is 2.09 bits per heavy atom. The van der Waals surface area contributed by atoms with Gasteiger partial charge in [0.1, 0.15) is 11.9 Å². The van der Waals surface area contributed by atoms with Gasteiger partial charge in [-0.2, -0.15) is 0 Å². The first-order valence-electron chi connectivity index (χ1n) is 7.51. The number of hydrogen-bond acceptors (Lipinski definition) is 5.